The highest BCUT2D eigenvalue weighted by Crippen LogP contribution is 2.18. The lowest BCUT2D eigenvalue weighted by atomic mass is 10.0. The molecule has 0 heterocycles. The van der Waals surface area contributed by atoms with Gasteiger partial charge in [-0.1, -0.05) is 35.8 Å². The number of hydrogen-bond donors (Lipinski definition) is 1. The van der Waals surface area contributed by atoms with Crippen molar-refractivity contribution in [2.75, 3.05) is 13.2 Å². The molecule has 2 atom stereocenters. The Morgan fingerprint density at radius 3 is 2.78 bits per heavy atom. The molecule has 0 amide bonds. The molecule has 0 aliphatic carbocycles. The molecular weight excluding hydrogens is 290 g/mol. The van der Waals surface area contributed by atoms with E-state index in [9.17, 15) is 0 Å². The summed E-state index contributed by atoms with van der Waals surface area (Å²) >= 11 is 3.44. The first kappa shape index (κ1) is 15.5. The number of rotatable bonds is 8. The normalized spacial score (nSPS) is 14.2. The van der Waals surface area contributed by atoms with Crippen LogP contribution in [0.2, 0.25) is 0 Å². The number of halogens is 1. The molecule has 3 heteroatoms. The Morgan fingerprint density at radius 1 is 1.33 bits per heavy atom. The summed E-state index contributed by atoms with van der Waals surface area (Å²) in [5, 5.41) is 3.53. The smallest absolute Gasteiger partial charge is 0.120 e. The molecule has 0 aromatic heterocycles. The summed E-state index contributed by atoms with van der Waals surface area (Å²) in [4.78, 5) is 0. The zero-order chi connectivity index (χ0) is 13.4. The van der Waals surface area contributed by atoms with E-state index in [-0.39, 0.29) is 0 Å². The van der Waals surface area contributed by atoms with E-state index >= 15 is 0 Å². The first-order valence-electron chi connectivity index (χ1n) is 6.75. The van der Waals surface area contributed by atoms with Gasteiger partial charge in [0, 0.05) is 10.5 Å². The monoisotopic (exact) mass is 313 g/mol. The molecule has 0 spiro atoms. The third kappa shape index (κ3) is 5.87. The highest BCUT2D eigenvalue weighted by atomic mass is 79.9. The number of hydrogen-bond acceptors (Lipinski definition) is 2. The predicted molar refractivity (Wildman–Crippen MR) is 81.2 cm³/mol. The molecule has 18 heavy (non-hydrogen) atoms. The molecule has 0 aliphatic rings. The van der Waals surface area contributed by atoms with Crippen LogP contribution in [0.15, 0.2) is 28.7 Å². The van der Waals surface area contributed by atoms with Crippen molar-refractivity contribution in [3.05, 3.63) is 28.7 Å². The van der Waals surface area contributed by atoms with Crippen molar-refractivity contribution in [2.45, 2.75) is 39.7 Å². The quantitative estimate of drug-likeness (QED) is 0.775. The second-order valence-corrected chi connectivity index (χ2v) is 5.73. The molecule has 0 aliphatic heterocycles. The van der Waals surface area contributed by atoms with Gasteiger partial charge >= 0.3 is 0 Å². The fourth-order valence-electron chi connectivity index (χ4n) is 1.74. The van der Waals surface area contributed by atoms with Crippen molar-refractivity contribution < 1.29 is 4.74 Å². The Labute approximate surface area is 119 Å². The van der Waals surface area contributed by atoms with Crippen LogP contribution in [0.5, 0.6) is 5.75 Å². The predicted octanol–water partition coefficient (Wildman–Crippen LogP) is 4.24. The van der Waals surface area contributed by atoms with Gasteiger partial charge in [-0.3, -0.25) is 0 Å². The standard InChI is InChI=1S/C15H24BrNO/c1-4-9-17-13(3)12(2)8-10-18-15-7-5-6-14(16)11-15/h5-7,11-13,17H,4,8-10H2,1-3H3. The molecule has 2 nitrogen and oxygen atoms in total. The lowest BCUT2D eigenvalue weighted by Gasteiger charge is -2.21. The summed E-state index contributed by atoms with van der Waals surface area (Å²) < 4.78 is 6.82. The van der Waals surface area contributed by atoms with E-state index in [1.54, 1.807) is 0 Å². The van der Waals surface area contributed by atoms with Crippen LogP contribution >= 0.6 is 15.9 Å². The summed E-state index contributed by atoms with van der Waals surface area (Å²) in [7, 11) is 0. The second kappa shape index (κ2) is 8.54. The third-order valence-electron chi connectivity index (χ3n) is 3.21. The Hall–Kier alpha value is -0.540. The van der Waals surface area contributed by atoms with Gasteiger partial charge < -0.3 is 10.1 Å². The van der Waals surface area contributed by atoms with Crippen molar-refractivity contribution in [1.29, 1.82) is 0 Å². The van der Waals surface area contributed by atoms with Crippen LogP contribution < -0.4 is 10.1 Å². The minimum Gasteiger partial charge on any atom is -0.494 e. The van der Waals surface area contributed by atoms with E-state index in [1.807, 2.05) is 24.3 Å². The van der Waals surface area contributed by atoms with Crippen molar-refractivity contribution in [3.8, 4) is 5.75 Å². The van der Waals surface area contributed by atoms with E-state index in [0.29, 0.717) is 12.0 Å². The molecule has 1 N–H and O–H groups in total. The Balaban J connectivity index is 2.24. The first-order chi connectivity index (χ1) is 8.63. The zero-order valence-corrected chi connectivity index (χ0v) is 13.2. The largest absolute Gasteiger partial charge is 0.494 e. The number of nitrogens with one attached hydrogen (secondary N) is 1. The van der Waals surface area contributed by atoms with Gasteiger partial charge in [0.2, 0.25) is 0 Å². The molecule has 0 fully saturated rings. The molecular formula is C15H24BrNO. The van der Waals surface area contributed by atoms with Crippen LogP contribution in [0.3, 0.4) is 0 Å². The van der Waals surface area contributed by atoms with Crippen molar-refractivity contribution in [2.24, 2.45) is 5.92 Å². The third-order valence-corrected chi connectivity index (χ3v) is 3.70. The number of ether oxygens (including phenoxy) is 1. The fourth-order valence-corrected chi connectivity index (χ4v) is 2.12. The lowest BCUT2D eigenvalue weighted by molar-refractivity contribution is 0.261. The maximum absolute atomic E-state index is 5.75. The van der Waals surface area contributed by atoms with E-state index in [0.717, 1.165) is 29.8 Å². The molecule has 102 valence electrons. The second-order valence-electron chi connectivity index (χ2n) is 4.81. The van der Waals surface area contributed by atoms with Crippen LogP contribution in [0.25, 0.3) is 0 Å². The van der Waals surface area contributed by atoms with Gasteiger partial charge in [0.25, 0.3) is 0 Å². The summed E-state index contributed by atoms with van der Waals surface area (Å²) in [6.45, 7) is 8.59. The maximum atomic E-state index is 5.75. The van der Waals surface area contributed by atoms with Gasteiger partial charge in [0.1, 0.15) is 5.75 Å². The van der Waals surface area contributed by atoms with Gasteiger partial charge in [0.05, 0.1) is 6.61 Å². The van der Waals surface area contributed by atoms with E-state index < -0.39 is 0 Å². The summed E-state index contributed by atoms with van der Waals surface area (Å²) in [5.41, 5.74) is 0. The summed E-state index contributed by atoms with van der Waals surface area (Å²) in [6.07, 6.45) is 2.26. The maximum Gasteiger partial charge on any atom is 0.120 e. The Morgan fingerprint density at radius 2 is 2.11 bits per heavy atom. The molecule has 0 bridgehead atoms. The van der Waals surface area contributed by atoms with Crippen LogP contribution in [0.4, 0.5) is 0 Å². The summed E-state index contributed by atoms with van der Waals surface area (Å²) in [6, 6.07) is 8.55. The van der Waals surface area contributed by atoms with E-state index in [1.165, 1.54) is 6.42 Å². The Bertz CT molecular complexity index is 343. The van der Waals surface area contributed by atoms with Gasteiger partial charge in [-0.25, -0.2) is 0 Å². The molecule has 0 saturated heterocycles. The number of benzene rings is 1. The minimum atomic E-state index is 0.552. The van der Waals surface area contributed by atoms with Gasteiger partial charge in [-0.15, -0.1) is 0 Å². The summed E-state index contributed by atoms with van der Waals surface area (Å²) in [5.74, 6) is 1.56. The average Bonchev–Trinajstić information content (AvgIpc) is 2.35. The topological polar surface area (TPSA) is 21.3 Å². The fraction of sp³-hybridized carbons (Fsp3) is 0.600. The lowest BCUT2D eigenvalue weighted by Crippen LogP contribution is -2.33. The minimum absolute atomic E-state index is 0.552. The van der Waals surface area contributed by atoms with Gasteiger partial charge in [-0.05, 0) is 50.4 Å². The van der Waals surface area contributed by atoms with Crippen molar-refractivity contribution in [1.82, 2.24) is 5.32 Å². The molecule has 1 aromatic rings. The van der Waals surface area contributed by atoms with Crippen molar-refractivity contribution in [3.63, 3.8) is 0 Å². The van der Waals surface area contributed by atoms with Gasteiger partial charge in [-0.2, -0.15) is 0 Å². The Kier molecular flexibility index (Phi) is 7.36. The first-order valence-corrected chi connectivity index (χ1v) is 7.54. The van der Waals surface area contributed by atoms with Crippen LogP contribution in [0, 0.1) is 5.92 Å². The molecule has 1 aromatic carbocycles. The molecule has 0 saturated carbocycles. The highest BCUT2D eigenvalue weighted by Gasteiger charge is 2.11. The average molecular weight is 314 g/mol. The van der Waals surface area contributed by atoms with Gasteiger partial charge in [0.15, 0.2) is 0 Å². The zero-order valence-electron chi connectivity index (χ0n) is 11.6. The van der Waals surface area contributed by atoms with E-state index in [2.05, 4.69) is 42.0 Å². The highest BCUT2D eigenvalue weighted by molar-refractivity contribution is 9.10. The van der Waals surface area contributed by atoms with Crippen molar-refractivity contribution >= 4 is 15.9 Å². The van der Waals surface area contributed by atoms with Crippen LogP contribution in [-0.4, -0.2) is 19.2 Å². The SMILES string of the molecule is CCCNC(C)C(C)CCOc1cccc(Br)c1. The molecule has 0 radical (unpaired) electrons. The van der Waals surface area contributed by atoms with Crippen LogP contribution in [-0.2, 0) is 0 Å². The van der Waals surface area contributed by atoms with E-state index in [4.69, 9.17) is 4.74 Å². The van der Waals surface area contributed by atoms with Crippen LogP contribution in [0.1, 0.15) is 33.6 Å². The molecule has 2 unspecified atom stereocenters. The molecule has 1 rings (SSSR count).